The first-order chi connectivity index (χ1) is 13.2. The lowest BCUT2D eigenvalue weighted by Gasteiger charge is -2.19. The summed E-state index contributed by atoms with van der Waals surface area (Å²) in [6.07, 6.45) is 7.71. The predicted molar refractivity (Wildman–Crippen MR) is 103 cm³/mol. The van der Waals surface area contributed by atoms with E-state index in [9.17, 15) is 4.79 Å². The second-order valence-electron chi connectivity index (χ2n) is 6.54. The van der Waals surface area contributed by atoms with Crippen LogP contribution in [0.5, 0.6) is 11.5 Å². The van der Waals surface area contributed by atoms with Crippen LogP contribution in [0.3, 0.4) is 0 Å². The van der Waals surface area contributed by atoms with Crippen LogP contribution in [0.25, 0.3) is 0 Å². The van der Waals surface area contributed by atoms with Gasteiger partial charge in [-0.05, 0) is 30.5 Å². The first-order valence-electron chi connectivity index (χ1n) is 9.27. The van der Waals surface area contributed by atoms with Crippen LogP contribution in [0.15, 0.2) is 30.6 Å². The molecule has 1 aromatic carbocycles. The van der Waals surface area contributed by atoms with E-state index in [2.05, 4.69) is 15.3 Å². The molecule has 1 N–H and O–H groups in total. The van der Waals surface area contributed by atoms with E-state index in [0.717, 1.165) is 31.5 Å². The summed E-state index contributed by atoms with van der Waals surface area (Å²) in [4.78, 5) is 23.0. The Morgan fingerprint density at radius 2 is 1.70 bits per heavy atom. The summed E-state index contributed by atoms with van der Waals surface area (Å²) in [5.74, 6) is 1.87. The fraction of sp³-hybridized carbons (Fsp3) is 0.450. The molecule has 0 unspecified atom stereocenters. The van der Waals surface area contributed by atoms with Crippen LogP contribution >= 0.6 is 0 Å². The topological polar surface area (TPSA) is 76.6 Å². The van der Waals surface area contributed by atoms with Gasteiger partial charge in [-0.1, -0.05) is 18.9 Å². The number of hydrogen-bond acceptors (Lipinski definition) is 6. The first-order valence-corrected chi connectivity index (χ1v) is 9.27. The number of carbonyl (C=O) groups excluding carboxylic acids is 1. The highest BCUT2D eigenvalue weighted by Gasteiger charge is 2.18. The van der Waals surface area contributed by atoms with E-state index in [1.165, 1.54) is 12.8 Å². The average molecular weight is 370 g/mol. The maximum absolute atomic E-state index is 12.6. The number of hydrogen-bond donors (Lipinski definition) is 1. The van der Waals surface area contributed by atoms with Gasteiger partial charge in [0.1, 0.15) is 0 Å². The molecule has 2 heterocycles. The fourth-order valence-corrected chi connectivity index (χ4v) is 3.16. The summed E-state index contributed by atoms with van der Waals surface area (Å²) in [6, 6.07) is 5.72. The van der Waals surface area contributed by atoms with Crippen LogP contribution in [-0.4, -0.2) is 48.1 Å². The zero-order chi connectivity index (χ0) is 19.1. The molecule has 0 aliphatic carbocycles. The van der Waals surface area contributed by atoms with Crippen LogP contribution in [0.1, 0.15) is 41.6 Å². The highest BCUT2D eigenvalue weighted by atomic mass is 16.5. The normalized spacial score (nSPS) is 14.4. The maximum atomic E-state index is 12.6. The molecular formula is C20H26N4O3. The molecule has 1 aliphatic rings. The van der Waals surface area contributed by atoms with E-state index in [0.29, 0.717) is 29.6 Å². The van der Waals surface area contributed by atoms with Crippen LogP contribution in [0, 0.1) is 0 Å². The largest absolute Gasteiger partial charge is 0.493 e. The summed E-state index contributed by atoms with van der Waals surface area (Å²) >= 11 is 0. The summed E-state index contributed by atoms with van der Waals surface area (Å²) in [5, 5.41) is 3.16. The second kappa shape index (κ2) is 9.21. The maximum Gasteiger partial charge on any atom is 0.256 e. The number of likely N-dealkylation sites (tertiary alicyclic amines) is 1. The molecule has 0 bridgehead atoms. The molecule has 1 saturated heterocycles. The number of nitrogens with zero attached hydrogens (tertiary/aromatic N) is 3. The molecule has 0 radical (unpaired) electrons. The van der Waals surface area contributed by atoms with E-state index in [-0.39, 0.29) is 5.91 Å². The van der Waals surface area contributed by atoms with Gasteiger partial charge in [0.25, 0.3) is 5.91 Å². The van der Waals surface area contributed by atoms with Crippen LogP contribution in [0.2, 0.25) is 0 Å². The van der Waals surface area contributed by atoms with Gasteiger partial charge in [0.15, 0.2) is 11.5 Å². The van der Waals surface area contributed by atoms with Crippen LogP contribution in [0.4, 0.5) is 5.95 Å². The molecule has 1 aromatic heterocycles. The lowest BCUT2D eigenvalue weighted by atomic mass is 10.2. The minimum Gasteiger partial charge on any atom is -0.493 e. The van der Waals surface area contributed by atoms with Crippen molar-refractivity contribution in [3.05, 3.63) is 41.7 Å². The summed E-state index contributed by atoms with van der Waals surface area (Å²) in [5.41, 5.74) is 1.55. The molecule has 144 valence electrons. The third kappa shape index (κ3) is 4.87. The number of rotatable bonds is 6. The van der Waals surface area contributed by atoms with Gasteiger partial charge in [0.05, 0.1) is 19.8 Å². The van der Waals surface area contributed by atoms with Crippen LogP contribution in [-0.2, 0) is 6.54 Å². The number of ether oxygens (including phenoxy) is 2. The van der Waals surface area contributed by atoms with Crippen molar-refractivity contribution in [2.45, 2.75) is 32.2 Å². The summed E-state index contributed by atoms with van der Waals surface area (Å²) in [7, 11) is 3.22. The van der Waals surface area contributed by atoms with Gasteiger partial charge in [-0.2, -0.15) is 0 Å². The van der Waals surface area contributed by atoms with Crippen molar-refractivity contribution < 1.29 is 14.3 Å². The van der Waals surface area contributed by atoms with Gasteiger partial charge in [0.2, 0.25) is 5.95 Å². The highest BCUT2D eigenvalue weighted by molar-refractivity contribution is 5.93. The Morgan fingerprint density at radius 3 is 2.33 bits per heavy atom. The molecule has 3 rings (SSSR count). The SMILES string of the molecule is COc1ccc(CNc2ncc(C(=O)N3CCCCCC3)cn2)cc1OC. The smallest absolute Gasteiger partial charge is 0.256 e. The van der Waals surface area contributed by atoms with Crippen LogP contribution < -0.4 is 14.8 Å². The predicted octanol–water partition coefficient (Wildman–Crippen LogP) is 3.12. The van der Waals surface area contributed by atoms with Gasteiger partial charge >= 0.3 is 0 Å². The number of carbonyl (C=O) groups is 1. The van der Waals surface area contributed by atoms with E-state index < -0.39 is 0 Å². The zero-order valence-electron chi connectivity index (χ0n) is 15.9. The van der Waals surface area contributed by atoms with Crippen molar-refractivity contribution in [3.63, 3.8) is 0 Å². The number of methoxy groups -OCH3 is 2. The molecule has 0 atom stereocenters. The van der Waals surface area contributed by atoms with E-state index in [1.807, 2.05) is 23.1 Å². The molecule has 0 saturated carbocycles. The van der Waals surface area contributed by atoms with Gasteiger partial charge in [-0.15, -0.1) is 0 Å². The second-order valence-corrected chi connectivity index (χ2v) is 6.54. The summed E-state index contributed by atoms with van der Waals surface area (Å²) < 4.78 is 10.6. The minimum atomic E-state index is 0.0170. The lowest BCUT2D eigenvalue weighted by molar-refractivity contribution is 0.0761. The highest BCUT2D eigenvalue weighted by Crippen LogP contribution is 2.27. The van der Waals surface area contributed by atoms with Crippen molar-refractivity contribution >= 4 is 11.9 Å². The Kier molecular flexibility index (Phi) is 6.46. The number of benzene rings is 1. The Labute approximate surface area is 159 Å². The van der Waals surface area contributed by atoms with Gasteiger partial charge in [-0.3, -0.25) is 4.79 Å². The number of aromatic nitrogens is 2. The third-order valence-electron chi connectivity index (χ3n) is 4.69. The third-order valence-corrected chi connectivity index (χ3v) is 4.69. The minimum absolute atomic E-state index is 0.0170. The molecule has 27 heavy (non-hydrogen) atoms. The van der Waals surface area contributed by atoms with Gasteiger partial charge in [0, 0.05) is 32.0 Å². The van der Waals surface area contributed by atoms with E-state index in [1.54, 1.807) is 26.6 Å². The number of anilines is 1. The molecule has 1 aliphatic heterocycles. The van der Waals surface area contributed by atoms with Crippen molar-refractivity contribution in [2.24, 2.45) is 0 Å². The quantitative estimate of drug-likeness (QED) is 0.842. The van der Waals surface area contributed by atoms with Crippen molar-refractivity contribution in [2.75, 3.05) is 32.6 Å². The Bertz CT molecular complexity index is 756. The molecule has 2 aromatic rings. The average Bonchev–Trinajstić information content (AvgIpc) is 3.01. The Hall–Kier alpha value is -2.83. The first kappa shape index (κ1) is 18.9. The summed E-state index contributed by atoms with van der Waals surface area (Å²) in [6.45, 7) is 2.18. The Balaban J connectivity index is 1.60. The van der Waals surface area contributed by atoms with Crippen molar-refractivity contribution in [1.82, 2.24) is 14.9 Å². The van der Waals surface area contributed by atoms with Gasteiger partial charge in [-0.25, -0.2) is 9.97 Å². The lowest BCUT2D eigenvalue weighted by Crippen LogP contribution is -2.32. The number of amides is 1. The van der Waals surface area contributed by atoms with E-state index in [4.69, 9.17) is 9.47 Å². The number of nitrogens with one attached hydrogen (secondary N) is 1. The molecule has 0 spiro atoms. The standard InChI is InChI=1S/C20H26N4O3/c1-26-17-8-7-15(11-18(17)27-2)12-21-20-22-13-16(14-23-20)19(25)24-9-5-3-4-6-10-24/h7-8,11,13-14H,3-6,9-10,12H2,1-2H3,(H,21,22,23). The molecule has 7 nitrogen and oxygen atoms in total. The monoisotopic (exact) mass is 370 g/mol. The zero-order valence-corrected chi connectivity index (χ0v) is 15.9. The Morgan fingerprint density at radius 1 is 1.04 bits per heavy atom. The van der Waals surface area contributed by atoms with Gasteiger partial charge < -0.3 is 19.7 Å². The molecule has 1 amide bonds. The molecular weight excluding hydrogens is 344 g/mol. The fourth-order valence-electron chi connectivity index (χ4n) is 3.16. The van der Waals surface area contributed by atoms with Crippen molar-refractivity contribution in [1.29, 1.82) is 0 Å². The van der Waals surface area contributed by atoms with E-state index >= 15 is 0 Å². The molecule has 1 fully saturated rings. The molecule has 7 heteroatoms. The van der Waals surface area contributed by atoms with Crippen molar-refractivity contribution in [3.8, 4) is 11.5 Å².